The zero-order valence-electron chi connectivity index (χ0n) is 13.4. The van der Waals surface area contributed by atoms with E-state index in [0.717, 1.165) is 6.42 Å². The van der Waals surface area contributed by atoms with E-state index in [-0.39, 0.29) is 6.10 Å². The van der Waals surface area contributed by atoms with Gasteiger partial charge in [0.05, 0.1) is 6.10 Å². The normalized spacial score (nSPS) is 22.1. The monoisotopic (exact) mass is 256 g/mol. The first-order valence-electron chi connectivity index (χ1n) is 8.19. The first kappa shape index (κ1) is 20.0. The fourth-order valence-corrected chi connectivity index (χ4v) is 2.15. The number of hydrogen-bond acceptors (Lipinski definition) is 1. The molecule has 0 radical (unpaired) electrons. The summed E-state index contributed by atoms with van der Waals surface area (Å²) < 4.78 is 0. The molecule has 1 fully saturated rings. The standard InChI is InChI=1S/C13H24O.2C2H6/c1-2-3-4-5-6-7-9-12-10-8-11-13(12)14;2*1-2/h7,9,12-14H,2-6,8,10-11H2,1H3;2*1-2H3/b9-7+;;/t12?,13-;;/m1../s1. The zero-order valence-corrected chi connectivity index (χ0v) is 13.4. The smallest absolute Gasteiger partial charge is 0.0602 e. The molecule has 1 unspecified atom stereocenters. The number of allylic oxidation sites excluding steroid dienone is 1. The summed E-state index contributed by atoms with van der Waals surface area (Å²) in [6.07, 6.45) is 14.4. The van der Waals surface area contributed by atoms with Crippen LogP contribution in [-0.4, -0.2) is 11.2 Å². The summed E-state index contributed by atoms with van der Waals surface area (Å²) in [5, 5.41) is 9.58. The molecule has 1 aliphatic carbocycles. The van der Waals surface area contributed by atoms with Crippen LogP contribution in [0.25, 0.3) is 0 Å². The number of rotatable bonds is 6. The molecule has 0 saturated heterocycles. The highest BCUT2D eigenvalue weighted by atomic mass is 16.3. The van der Waals surface area contributed by atoms with Crippen molar-refractivity contribution in [2.45, 2.75) is 92.1 Å². The molecular weight excluding hydrogens is 220 g/mol. The molecule has 1 saturated carbocycles. The fourth-order valence-electron chi connectivity index (χ4n) is 2.15. The minimum atomic E-state index is -0.0538. The molecule has 1 rings (SSSR count). The second-order valence-electron chi connectivity index (χ2n) is 4.44. The molecule has 0 bridgehead atoms. The van der Waals surface area contributed by atoms with E-state index in [1.54, 1.807) is 0 Å². The molecule has 1 N–H and O–H groups in total. The molecule has 0 amide bonds. The third kappa shape index (κ3) is 10.8. The van der Waals surface area contributed by atoms with E-state index in [1.807, 2.05) is 27.7 Å². The highest BCUT2D eigenvalue weighted by Gasteiger charge is 2.21. The minimum Gasteiger partial charge on any atom is -0.393 e. The van der Waals surface area contributed by atoms with Crippen LogP contribution in [0.2, 0.25) is 0 Å². The van der Waals surface area contributed by atoms with Gasteiger partial charge in [-0.05, 0) is 25.7 Å². The summed E-state index contributed by atoms with van der Waals surface area (Å²) in [5.74, 6) is 0.459. The van der Waals surface area contributed by atoms with Crippen LogP contribution < -0.4 is 0 Å². The average molecular weight is 256 g/mol. The van der Waals surface area contributed by atoms with Crippen LogP contribution in [0.1, 0.15) is 86.0 Å². The Labute approximate surface area is 116 Å². The Hall–Kier alpha value is -0.300. The van der Waals surface area contributed by atoms with Crippen LogP contribution >= 0.6 is 0 Å². The fraction of sp³-hybridized carbons (Fsp3) is 0.882. The highest BCUT2D eigenvalue weighted by molar-refractivity contribution is 4.94. The van der Waals surface area contributed by atoms with Crippen LogP contribution in [0, 0.1) is 5.92 Å². The molecule has 0 aromatic rings. The second kappa shape index (κ2) is 16.7. The molecule has 1 aliphatic rings. The second-order valence-corrected chi connectivity index (χ2v) is 4.44. The van der Waals surface area contributed by atoms with Gasteiger partial charge < -0.3 is 5.11 Å². The maximum absolute atomic E-state index is 9.58. The van der Waals surface area contributed by atoms with Gasteiger partial charge in [-0.1, -0.05) is 72.5 Å². The summed E-state index contributed by atoms with van der Waals surface area (Å²) in [6, 6.07) is 0. The summed E-state index contributed by atoms with van der Waals surface area (Å²) in [6.45, 7) is 10.2. The molecule has 18 heavy (non-hydrogen) atoms. The average Bonchev–Trinajstić information content (AvgIpc) is 2.84. The predicted molar refractivity (Wildman–Crippen MR) is 83.9 cm³/mol. The molecule has 2 atom stereocenters. The molecule has 0 spiro atoms. The van der Waals surface area contributed by atoms with Gasteiger partial charge in [-0.25, -0.2) is 0 Å². The summed E-state index contributed by atoms with van der Waals surface area (Å²) in [5.41, 5.74) is 0. The van der Waals surface area contributed by atoms with Gasteiger partial charge in [0, 0.05) is 5.92 Å². The molecule has 1 heteroatoms. The Morgan fingerprint density at radius 3 is 2.17 bits per heavy atom. The van der Waals surface area contributed by atoms with E-state index in [1.165, 1.54) is 44.9 Å². The van der Waals surface area contributed by atoms with Gasteiger partial charge in [0.25, 0.3) is 0 Å². The van der Waals surface area contributed by atoms with Crippen LogP contribution in [0.15, 0.2) is 12.2 Å². The molecule has 0 heterocycles. The van der Waals surface area contributed by atoms with Crippen molar-refractivity contribution >= 4 is 0 Å². The number of aliphatic hydroxyl groups is 1. The summed E-state index contributed by atoms with van der Waals surface area (Å²) in [7, 11) is 0. The first-order chi connectivity index (χ1) is 8.84. The molecule has 1 nitrogen and oxygen atoms in total. The Balaban J connectivity index is 0. The number of hydrogen-bond donors (Lipinski definition) is 1. The van der Waals surface area contributed by atoms with Crippen molar-refractivity contribution in [2.75, 3.05) is 0 Å². The maximum atomic E-state index is 9.58. The van der Waals surface area contributed by atoms with E-state index in [4.69, 9.17) is 0 Å². The van der Waals surface area contributed by atoms with E-state index < -0.39 is 0 Å². The van der Waals surface area contributed by atoms with Crippen molar-refractivity contribution in [3.05, 3.63) is 12.2 Å². The van der Waals surface area contributed by atoms with E-state index >= 15 is 0 Å². The topological polar surface area (TPSA) is 20.2 Å². The molecule has 0 aliphatic heterocycles. The van der Waals surface area contributed by atoms with E-state index in [9.17, 15) is 5.11 Å². The number of aliphatic hydroxyl groups excluding tert-OH is 1. The zero-order chi connectivity index (χ0) is 14.2. The lowest BCUT2D eigenvalue weighted by atomic mass is 10.0. The first-order valence-corrected chi connectivity index (χ1v) is 8.19. The van der Waals surface area contributed by atoms with Crippen LogP contribution in [0.3, 0.4) is 0 Å². The van der Waals surface area contributed by atoms with Crippen LogP contribution in [-0.2, 0) is 0 Å². The van der Waals surface area contributed by atoms with Crippen molar-refractivity contribution in [3.63, 3.8) is 0 Å². The largest absolute Gasteiger partial charge is 0.393 e. The minimum absolute atomic E-state index is 0.0538. The number of unbranched alkanes of at least 4 members (excludes halogenated alkanes) is 4. The Kier molecular flexibility index (Phi) is 18.6. The van der Waals surface area contributed by atoms with Crippen molar-refractivity contribution in [2.24, 2.45) is 5.92 Å². The van der Waals surface area contributed by atoms with E-state index in [0.29, 0.717) is 5.92 Å². The quantitative estimate of drug-likeness (QED) is 0.475. The van der Waals surface area contributed by atoms with Gasteiger partial charge >= 0.3 is 0 Å². The van der Waals surface area contributed by atoms with Gasteiger partial charge in [-0.3, -0.25) is 0 Å². The predicted octanol–water partition coefficient (Wildman–Crippen LogP) is 5.73. The Morgan fingerprint density at radius 2 is 1.67 bits per heavy atom. The van der Waals surface area contributed by atoms with Crippen molar-refractivity contribution in [1.29, 1.82) is 0 Å². The Morgan fingerprint density at radius 1 is 1.00 bits per heavy atom. The van der Waals surface area contributed by atoms with Gasteiger partial charge in [0.1, 0.15) is 0 Å². The lowest BCUT2D eigenvalue weighted by molar-refractivity contribution is 0.153. The van der Waals surface area contributed by atoms with Gasteiger partial charge in [0.15, 0.2) is 0 Å². The molecular formula is C17H36O. The summed E-state index contributed by atoms with van der Waals surface area (Å²) in [4.78, 5) is 0. The van der Waals surface area contributed by atoms with Crippen molar-refractivity contribution < 1.29 is 5.11 Å². The van der Waals surface area contributed by atoms with Crippen LogP contribution in [0.4, 0.5) is 0 Å². The lowest BCUT2D eigenvalue weighted by Gasteiger charge is -2.07. The third-order valence-electron chi connectivity index (χ3n) is 3.14. The van der Waals surface area contributed by atoms with Crippen LogP contribution in [0.5, 0.6) is 0 Å². The lowest BCUT2D eigenvalue weighted by Crippen LogP contribution is -2.09. The van der Waals surface area contributed by atoms with Gasteiger partial charge in [-0.2, -0.15) is 0 Å². The maximum Gasteiger partial charge on any atom is 0.0602 e. The third-order valence-corrected chi connectivity index (χ3v) is 3.14. The van der Waals surface area contributed by atoms with Crippen molar-refractivity contribution in [3.8, 4) is 0 Å². The molecule has 0 aromatic heterocycles. The Bertz CT molecular complexity index is 163. The van der Waals surface area contributed by atoms with Crippen molar-refractivity contribution in [1.82, 2.24) is 0 Å². The summed E-state index contributed by atoms with van der Waals surface area (Å²) >= 11 is 0. The molecule has 110 valence electrons. The van der Waals surface area contributed by atoms with E-state index in [2.05, 4.69) is 19.1 Å². The SMILES string of the molecule is CC.CC.CCCCCC/C=C/C1CCC[C@H]1O. The molecule has 0 aromatic carbocycles. The highest BCUT2D eigenvalue weighted by Crippen LogP contribution is 2.26. The van der Waals surface area contributed by atoms with Gasteiger partial charge in [0.2, 0.25) is 0 Å². The van der Waals surface area contributed by atoms with Gasteiger partial charge in [-0.15, -0.1) is 0 Å².